The molecule has 194 valence electrons. The zero-order valence-electron chi connectivity index (χ0n) is 21.2. The summed E-state index contributed by atoms with van der Waals surface area (Å²) in [7, 11) is 0.176. The molecule has 0 bridgehead atoms. The largest absolute Gasteiger partial charge is 0.322 e. The second-order valence-electron chi connectivity index (χ2n) is 9.45. The molecule has 0 aliphatic rings. The fourth-order valence-electron chi connectivity index (χ4n) is 3.72. The quantitative estimate of drug-likeness (QED) is 0.385. The topological polar surface area (TPSA) is 87.5 Å². The Bertz CT molecular complexity index is 1260. The molecule has 0 saturated heterocycles. The van der Waals surface area contributed by atoms with Crippen LogP contribution in [0.4, 0.5) is 10.5 Å². The monoisotopic (exact) mass is 531 g/mol. The van der Waals surface area contributed by atoms with Gasteiger partial charge >= 0.3 is 6.03 Å². The second-order valence-corrected chi connectivity index (χ2v) is 11.8. The first-order chi connectivity index (χ1) is 17.0. The van der Waals surface area contributed by atoms with Crippen LogP contribution in [0.25, 0.3) is 0 Å². The van der Waals surface area contributed by atoms with Crippen LogP contribution in [0.2, 0.25) is 5.02 Å². The van der Waals surface area contributed by atoms with Crippen molar-refractivity contribution in [2.24, 2.45) is 5.92 Å². The highest BCUT2D eigenvalue weighted by Gasteiger charge is 2.26. The first-order valence-electron chi connectivity index (χ1n) is 11.8. The Kier molecular flexibility index (Phi) is 9.53. The lowest BCUT2D eigenvalue weighted by Crippen LogP contribution is -2.39. The SMILES string of the molecule is CC(C)Cn1c(CN(CCN(C)C)C(=O)Nc2cccc(Cl)c2)cnc1S(=O)(=O)Cc1ccccc1. The fourth-order valence-corrected chi connectivity index (χ4v) is 5.41. The zero-order valence-corrected chi connectivity index (χ0v) is 22.8. The molecule has 2 aromatic carbocycles. The Hall–Kier alpha value is -2.88. The summed E-state index contributed by atoms with van der Waals surface area (Å²) >= 11 is 6.07. The minimum absolute atomic E-state index is 0.0258. The lowest BCUT2D eigenvalue weighted by atomic mass is 10.2. The van der Waals surface area contributed by atoms with Crippen molar-refractivity contribution in [2.45, 2.75) is 37.8 Å². The molecule has 8 nitrogen and oxygen atoms in total. The maximum atomic E-state index is 13.3. The molecular weight excluding hydrogens is 498 g/mol. The summed E-state index contributed by atoms with van der Waals surface area (Å²) in [5.74, 6) is 0.0428. The Morgan fingerprint density at radius 1 is 1.08 bits per heavy atom. The predicted octanol–water partition coefficient (Wildman–Crippen LogP) is 4.76. The molecule has 0 fully saturated rings. The van der Waals surface area contributed by atoms with Gasteiger partial charge in [0.2, 0.25) is 15.0 Å². The van der Waals surface area contributed by atoms with E-state index in [2.05, 4.69) is 10.3 Å². The molecular formula is C26H34ClN5O3S. The van der Waals surface area contributed by atoms with Crippen molar-refractivity contribution in [3.8, 4) is 0 Å². The smallest absolute Gasteiger partial charge is 0.317 e. The number of amides is 2. The lowest BCUT2D eigenvalue weighted by molar-refractivity contribution is 0.200. The van der Waals surface area contributed by atoms with Gasteiger partial charge in [-0.2, -0.15) is 0 Å². The zero-order chi connectivity index (χ0) is 26.3. The van der Waals surface area contributed by atoms with E-state index in [0.717, 1.165) is 0 Å². The number of imidazole rings is 1. The molecule has 2 amide bonds. The molecule has 3 rings (SSSR count). The van der Waals surface area contributed by atoms with Gasteiger partial charge in [0.25, 0.3) is 0 Å². The average Bonchev–Trinajstić information content (AvgIpc) is 3.19. The minimum atomic E-state index is -3.69. The number of carbonyl (C=O) groups excluding carboxylic acids is 1. The van der Waals surface area contributed by atoms with Crippen LogP contribution in [0, 0.1) is 5.92 Å². The van der Waals surface area contributed by atoms with Crippen molar-refractivity contribution in [2.75, 3.05) is 32.5 Å². The number of likely N-dealkylation sites (N-methyl/N-ethyl adjacent to an activating group) is 1. The van der Waals surface area contributed by atoms with Gasteiger partial charge in [-0.25, -0.2) is 18.2 Å². The molecule has 0 unspecified atom stereocenters. The Labute approximate surface area is 218 Å². The van der Waals surface area contributed by atoms with Gasteiger partial charge in [-0.05, 0) is 43.8 Å². The normalized spacial score (nSPS) is 11.8. The van der Waals surface area contributed by atoms with Crippen LogP contribution >= 0.6 is 11.6 Å². The molecule has 0 aliphatic carbocycles. The number of hydrogen-bond donors (Lipinski definition) is 1. The lowest BCUT2D eigenvalue weighted by Gasteiger charge is -2.26. The maximum Gasteiger partial charge on any atom is 0.322 e. The highest BCUT2D eigenvalue weighted by atomic mass is 35.5. The Morgan fingerprint density at radius 2 is 1.81 bits per heavy atom. The number of nitrogens with zero attached hydrogens (tertiary/aromatic N) is 4. The summed E-state index contributed by atoms with van der Waals surface area (Å²) in [5, 5.41) is 3.44. The number of rotatable bonds is 11. The fraction of sp³-hybridized carbons (Fsp3) is 0.385. The van der Waals surface area contributed by atoms with Gasteiger partial charge in [-0.15, -0.1) is 0 Å². The predicted molar refractivity (Wildman–Crippen MR) is 144 cm³/mol. The van der Waals surface area contributed by atoms with Gasteiger partial charge in [-0.3, -0.25) is 0 Å². The number of urea groups is 1. The summed E-state index contributed by atoms with van der Waals surface area (Å²) in [5.41, 5.74) is 1.95. The van der Waals surface area contributed by atoms with E-state index in [9.17, 15) is 13.2 Å². The van der Waals surface area contributed by atoms with E-state index < -0.39 is 9.84 Å². The van der Waals surface area contributed by atoms with Gasteiger partial charge in [0, 0.05) is 30.3 Å². The first kappa shape index (κ1) is 27.7. The third kappa shape index (κ3) is 7.81. The van der Waals surface area contributed by atoms with E-state index in [1.807, 2.05) is 51.0 Å². The number of hydrogen-bond acceptors (Lipinski definition) is 5. The minimum Gasteiger partial charge on any atom is -0.317 e. The number of anilines is 1. The van der Waals surface area contributed by atoms with Crippen molar-refractivity contribution < 1.29 is 13.2 Å². The molecule has 0 spiro atoms. The standard InChI is InChI=1S/C26H34ClN5O3S/c1-20(2)17-32-24(16-28-26(32)36(34,35)19-21-9-6-5-7-10-21)18-31(14-13-30(3)4)25(33)29-23-12-8-11-22(27)15-23/h5-12,15-16,20H,13-14,17-19H2,1-4H3,(H,29,33). The van der Waals surface area contributed by atoms with E-state index in [1.54, 1.807) is 52.1 Å². The molecule has 0 saturated carbocycles. The molecule has 0 atom stereocenters. The third-order valence-corrected chi connectivity index (χ3v) is 7.29. The molecule has 36 heavy (non-hydrogen) atoms. The highest BCUT2D eigenvalue weighted by molar-refractivity contribution is 7.90. The Balaban J connectivity index is 1.90. The van der Waals surface area contributed by atoms with Crippen LogP contribution in [0.3, 0.4) is 0 Å². The third-order valence-electron chi connectivity index (χ3n) is 5.46. The summed E-state index contributed by atoms with van der Waals surface area (Å²) in [6.45, 7) is 5.80. The highest BCUT2D eigenvalue weighted by Crippen LogP contribution is 2.21. The van der Waals surface area contributed by atoms with Crippen molar-refractivity contribution in [3.05, 3.63) is 77.1 Å². The van der Waals surface area contributed by atoms with Gasteiger partial charge in [0.05, 0.1) is 24.2 Å². The van der Waals surface area contributed by atoms with E-state index in [0.29, 0.717) is 41.6 Å². The van der Waals surface area contributed by atoms with Gasteiger partial charge < -0.3 is 19.7 Å². The number of halogens is 1. The molecule has 1 N–H and O–H groups in total. The van der Waals surface area contributed by atoms with Crippen LogP contribution in [-0.2, 0) is 28.7 Å². The molecule has 0 radical (unpaired) electrons. The number of carbonyl (C=O) groups is 1. The summed E-state index contributed by atoms with van der Waals surface area (Å²) in [4.78, 5) is 21.2. The van der Waals surface area contributed by atoms with Crippen LogP contribution < -0.4 is 5.32 Å². The maximum absolute atomic E-state index is 13.3. The van der Waals surface area contributed by atoms with Crippen molar-refractivity contribution in [1.82, 2.24) is 19.4 Å². The number of nitrogens with one attached hydrogen (secondary N) is 1. The van der Waals surface area contributed by atoms with Crippen molar-refractivity contribution >= 4 is 33.2 Å². The van der Waals surface area contributed by atoms with Gasteiger partial charge in [-0.1, -0.05) is 61.8 Å². The Morgan fingerprint density at radius 3 is 2.44 bits per heavy atom. The van der Waals surface area contributed by atoms with Crippen molar-refractivity contribution in [1.29, 1.82) is 0 Å². The molecule has 0 aliphatic heterocycles. The summed E-state index contributed by atoms with van der Waals surface area (Å²) in [6.07, 6.45) is 1.57. The van der Waals surface area contributed by atoms with Crippen LogP contribution in [0.1, 0.15) is 25.1 Å². The summed E-state index contributed by atoms with van der Waals surface area (Å²) < 4.78 is 28.4. The molecule has 1 aromatic heterocycles. The van der Waals surface area contributed by atoms with E-state index >= 15 is 0 Å². The van der Waals surface area contributed by atoms with E-state index in [4.69, 9.17) is 11.6 Å². The number of benzene rings is 2. The van der Waals surface area contributed by atoms with Crippen LogP contribution in [0.15, 0.2) is 66.0 Å². The summed E-state index contributed by atoms with van der Waals surface area (Å²) in [6, 6.07) is 15.7. The average molecular weight is 532 g/mol. The van der Waals surface area contributed by atoms with Crippen molar-refractivity contribution in [3.63, 3.8) is 0 Å². The van der Waals surface area contributed by atoms with E-state index in [-0.39, 0.29) is 29.4 Å². The number of aromatic nitrogens is 2. The molecule has 3 aromatic rings. The number of sulfone groups is 1. The van der Waals surface area contributed by atoms with Gasteiger partial charge in [0.1, 0.15) is 0 Å². The first-order valence-corrected chi connectivity index (χ1v) is 13.9. The van der Waals surface area contributed by atoms with Crippen LogP contribution in [0.5, 0.6) is 0 Å². The van der Waals surface area contributed by atoms with Crippen LogP contribution in [-0.4, -0.2) is 61.0 Å². The van der Waals surface area contributed by atoms with E-state index in [1.165, 1.54) is 0 Å². The molecule has 10 heteroatoms. The van der Waals surface area contributed by atoms with Gasteiger partial charge in [0.15, 0.2) is 0 Å². The molecule has 1 heterocycles. The second kappa shape index (κ2) is 12.4.